The van der Waals surface area contributed by atoms with E-state index in [0.717, 1.165) is 19.3 Å². The molecule has 2 N–H and O–H groups in total. The second kappa shape index (κ2) is 4.70. The van der Waals surface area contributed by atoms with Crippen LogP contribution in [0.2, 0.25) is 0 Å². The van der Waals surface area contributed by atoms with Crippen LogP contribution in [0.4, 0.5) is 0 Å². The minimum absolute atomic E-state index is 0.00150. The lowest BCUT2D eigenvalue weighted by Gasteiger charge is -2.18. The molecule has 1 aromatic heterocycles. The quantitative estimate of drug-likeness (QED) is 0.856. The lowest BCUT2D eigenvalue weighted by Crippen LogP contribution is -2.41. The Morgan fingerprint density at radius 1 is 1.21 bits per heavy atom. The maximum atomic E-state index is 12.0. The van der Waals surface area contributed by atoms with Crippen molar-refractivity contribution in [2.24, 2.45) is 5.92 Å². The zero-order valence-corrected chi connectivity index (χ0v) is 10.3. The third-order valence-electron chi connectivity index (χ3n) is 3.58. The molecule has 1 saturated heterocycles. The summed E-state index contributed by atoms with van der Waals surface area (Å²) in [6.45, 7) is 0.657. The van der Waals surface area contributed by atoms with Crippen molar-refractivity contribution < 1.29 is 23.8 Å². The average molecular weight is 265 g/mol. The first kappa shape index (κ1) is 12.2. The second-order valence-electron chi connectivity index (χ2n) is 5.01. The summed E-state index contributed by atoms with van der Waals surface area (Å²) in [7, 11) is 0. The van der Waals surface area contributed by atoms with Crippen molar-refractivity contribution in [1.29, 1.82) is 0 Å². The highest BCUT2D eigenvalue weighted by Crippen LogP contribution is 2.38. The van der Waals surface area contributed by atoms with E-state index in [9.17, 15) is 9.59 Å². The summed E-state index contributed by atoms with van der Waals surface area (Å²) in [4.78, 5) is 22.7. The molecular weight excluding hydrogens is 250 g/mol. The van der Waals surface area contributed by atoms with Crippen molar-refractivity contribution in [3.8, 4) is 0 Å². The lowest BCUT2D eigenvalue weighted by atomic mass is 10.1. The summed E-state index contributed by atoms with van der Waals surface area (Å²) < 4.78 is 10.6. The fourth-order valence-electron chi connectivity index (χ4n) is 2.47. The molecule has 2 heterocycles. The number of furan rings is 1. The molecule has 1 aliphatic heterocycles. The first-order valence-electron chi connectivity index (χ1n) is 6.41. The van der Waals surface area contributed by atoms with E-state index in [2.05, 4.69) is 5.32 Å². The van der Waals surface area contributed by atoms with Crippen LogP contribution in [-0.2, 0) is 4.74 Å². The molecule has 0 aromatic carbocycles. The predicted octanol–water partition coefficient (Wildman–Crippen LogP) is 1.28. The van der Waals surface area contributed by atoms with E-state index in [4.69, 9.17) is 14.3 Å². The van der Waals surface area contributed by atoms with Gasteiger partial charge in [-0.15, -0.1) is 0 Å². The minimum Gasteiger partial charge on any atom is -0.475 e. The SMILES string of the molecule is O=C(O)c1ccc(C(=O)NC2CCOC2C2CC2)o1. The fraction of sp³-hybridized carbons (Fsp3) is 0.538. The number of carboxylic acids is 1. The third-order valence-corrected chi connectivity index (χ3v) is 3.58. The predicted molar refractivity (Wildman–Crippen MR) is 64.0 cm³/mol. The smallest absolute Gasteiger partial charge is 0.371 e. The third kappa shape index (κ3) is 2.49. The number of carboxylic acid groups (broad SMARTS) is 1. The molecular formula is C13H15NO5. The van der Waals surface area contributed by atoms with Gasteiger partial charge in [0.25, 0.3) is 5.91 Å². The van der Waals surface area contributed by atoms with Gasteiger partial charge in [0, 0.05) is 6.61 Å². The standard InChI is InChI=1S/C13H15NO5/c15-12(9-3-4-10(19-9)13(16)17)14-8-5-6-18-11(8)7-1-2-7/h3-4,7-8,11H,1-2,5-6H2,(H,14,15)(H,16,17). The highest BCUT2D eigenvalue weighted by Gasteiger charge is 2.41. The monoisotopic (exact) mass is 265 g/mol. The molecule has 0 spiro atoms. The Balaban J connectivity index is 1.65. The fourth-order valence-corrected chi connectivity index (χ4v) is 2.47. The van der Waals surface area contributed by atoms with Crippen LogP contribution in [0.15, 0.2) is 16.5 Å². The van der Waals surface area contributed by atoms with Gasteiger partial charge in [-0.05, 0) is 37.3 Å². The van der Waals surface area contributed by atoms with E-state index in [-0.39, 0.29) is 29.6 Å². The number of ether oxygens (including phenoxy) is 1. The van der Waals surface area contributed by atoms with Crippen LogP contribution in [0, 0.1) is 5.92 Å². The molecule has 6 nitrogen and oxygen atoms in total. The molecule has 2 unspecified atom stereocenters. The normalized spacial score (nSPS) is 26.3. The number of hydrogen-bond acceptors (Lipinski definition) is 4. The Bertz CT molecular complexity index is 505. The molecule has 102 valence electrons. The van der Waals surface area contributed by atoms with Gasteiger partial charge >= 0.3 is 5.97 Å². The van der Waals surface area contributed by atoms with Gasteiger partial charge in [0.05, 0.1) is 12.1 Å². The summed E-state index contributed by atoms with van der Waals surface area (Å²) in [5, 5.41) is 11.6. The molecule has 0 radical (unpaired) electrons. The van der Waals surface area contributed by atoms with E-state index in [1.165, 1.54) is 12.1 Å². The number of aromatic carboxylic acids is 1. The van der Waals surface area contributed by atoms with E-state index >= 15 is 0 Å². The van der Waals surface area contributed by atoms with Crippen LogP contribution in [-0.4, -0.2) is 35.7 Å². The molecule has 6 heteroatoms. The first-order valence-corrected chi connectivity index (χ1v) is 6.41. The van der Waals surface area contributed by atoms with Gasteiger partial charge in [-0.2, -0.15) is 0 Å². The van der Waals surface area contributed by atoms with Crippen LogP contribution in [0.5, 0.6) is 0 Å². The van der Waals surface area contributed by atoms with Crippen LogP contribution in [0.3, 0.4) is 0 Å². The largest absolute Gasteiger partial charge is 0.475 e. The van der Waals surface area contributed by atoms with Crippen molar-refractivity contribution in [3.05, 3.63) is 23.7 Å². The van der Waals surface area contributed by atoms with E-state index in [0.29, 0.717) is 12.5 Å². The summed E-state index contributed by atoms with van der Waals surface area (Å²) in [5.74, 6) is -1.21. The van der Waals surface area contributed by atoms with E-state index in [1.807, 2.05) is 0 Å². The Hall–Kier alpha value is -1.82. The highest BCUT2D eigenvalue weighted by atomic mass is 16.5. The molecule has 2 aliphatic rings. The number of rotatable bonds is 4. The van der Waals surface area contributed by atoms with Crippen molar-refractivity contribution >= 4 is 11.9 Å². The Kier molecular flexibility index (Phi) is 3.02. The first-order chi connectivity index (χ1) is 9.15. The highest BCUT2D eigenvalue weighted by molar-refractivity contribution is 5.93. The maximum Gasteiger partial charge on any atom is 0.371 e. The van der Waals surface area contributed by atoms with Gasteiger partial charge < -0.3 is 19.6 Å². The number of nitrogens with one attached hydrogen (secondary N) is 1. The number of carbonyl (C=O) groups excluding carboxylic acids is 1. The van der Waals surface area contributed by atoms with E-state index < -0.39 is 5.97 Å². The molecule has 1 saturated carbocycles. The van der Waals surface area contributed by atoms with Gasteiger partial charge in [0.2, 0.25) is 5.76 Å². The van der Waals surface area contributed by atoms with Gasteiger partial charge in [0.15, 0.2) is 5.76 Å². The molecule has 2 atom stereocenters. The van der Waals surface area contributed by atoms with Crippen LogP contribution >= 0.6 is 0 Å². The van der Waals surface area contributed by atoms with Crippen molar-refractivity contribution in [1.82, 2.24) is 5.32 Å². The molecule has 1 aromatic rings. The number of carbonyl (C=O) groups is 2. The Labute approximate surface area is 109 Å². The number of amides is 1. The lowest BCUT2D eigenvalue weighted by molar-refractivity contribution is 0.0654. The summed E-state index contributed by atoms with van der Waals surface area (Å²) in [5.41, 5.74) is 0. The molecule has 0 bridgehead atoms. The molecule has 3 rings (SSSR count). The van der Waals surface area contributed by atoms with Crippen LogP contribution in [0.25, 0.3) is 0 Å². The summed E-state index contributed by atoms with van der Waals surface area (Å²) >= 11 is 0. The maximum absolute atomic E-state index is 12.0. The second-order valence-corrected chi connectivity index (χ2v) is 5.01. The van der Waals surface area contributed by atoms with Gasteiger partial charge in [0.1, 0.15) is 0 Å². The van der Waals surface area contributed by atoms with Crippen LogP contribution < -0.4 is 5.32 Å². The van der Waals surface area contributed by atoms with Gasteiger partial charge in [-0.25, -0.2) is 4.79 Å². The molecule has 1 amide bonds. The zero-order valence-electron chi connectivity index (χ0n) is 10.3. The number of hydrogen-bond donors (Lipinski definition) is 2. The molecule has 1 aliphatic carbocycles. The molecule has 2 fully saturated rings. The van der Waals surface area contributed by atoms with Crippen molar-refractivity contribution in [3.63, 3.8) is 0 Å². The summed E-state index contributed by atoms with van der Waals surface area (Å²) in [6.07, 6.45) is 3.19. The van der Waals surface area contributed by atoms with Gasteiger partial charge in [-0.3, -0.25) is 4.79 Å². The average Bonchev–Trinajstić information content (AvgIpc) is 2.93. The summed E-state index contributed by atoms with van der Waals surface area (Å²) in [6, 6.07) is 2.65. The molecule has 19 heavy (non-hydrogen) atoms. The Morgan fingerprint density at radius 3 is 2.58 bits per heavy atom. The zero-order chi connectivity index (χ0) is 13.4. The topological polar surface area (TPSA) is 88.8 Å². The minimum atomic E-state index is -1.18. The van der Waals surface area contributed by atoms with E-state index in [1.54, 1.807) is 0 Å². The Morgan fingerprint density at radius 2 is 1.95 bits per heavy atom. The van der Waals surface area contributed by atoms with Gasteiger partial charge in [-0.1, -0.05) is 0 Å². The van der Waals surface area contributed by atoms with Crippen molar-refractivity contribution in [2.45, 2.75) is 31.4 Å². The van der Waals surface area contributed by atoms with Crippen LogP contribution in [0.1, 0.15) is 40.4 Å². The van der Waals surface area contributed by atoms with Crippen molar-refractivity contribution in [2.75, 3.05) is 6.61 Å².